The van der Waals surface area contributed by atoms with E-state index in [9.17, 15) is 72.9 Å². The van der Waals surface area contributed by atoms with Crippen LogP contribution in [0.2, 0.25) is 0 Å². The van der Waals surface area contributed by atoms with Crippen LogP contribution in [0.5, 0.6) is 11.5 Å². The van der Waals surface area contributed by atoms with E-state index >= 15 is 0 Å². The molecule has 15 N–H and O–H groups in total. The highest BCUT2D eigenvalue weighted by Crippen LogP contribution is 2.29. The number of nitrogens with zero attached hydrogens (tertiary/aromatic N) is 3. The summed E-state index contributed by atoms with van der Waals surface area (Å²) in [5, 5.41) is 51.2. The number of hydrogen-bond donors (Lipinski definition) is 13. The van der Waals surface area contributed by atoms with Gasteiger partial charge in [-0.1, -0.05) is 73.5 Å². The minimum absolute atomic E-state index is 0.0272. The molecule has 30 heteroatoms. The lowest BCUT2D eigenvalue weighted by Crippen LogP contribution is -2.62. The number of aromatic hydroxyl groups is 2. The van der Waals surface area contributed by atoms with Gasteiger partial charge in [0.15, 0.2) is 0 Å². The number of nitrogens with one attached hydrogen (secondary N) is 8. The van der Waals surface area contributed by atoms with E-state index in [1.54, 1.807) is 26.0 Å². The van der Waals surface area contributed by atoms with Crippen LogP contribution in [0, 0.1) is 11.8 Å². The molecule has 11 atom stereocenters. The SMILES string of the molecule is CC(=O)N[C@H]1CSSC[C@@H](C(=O)N[C@@H](CN)C(=O)O)NC(=O)[C@H](CC(C)C)NC(=O)[C@H](Cc2ccc(O)cc2)NC(=O)[C@H](CN)NC(=O)[C@@H]2CCCN2C(=O)[C@H](CC(C)C)NC(=O)[C@H](Cc2ccc(O)cc2)NC(=O)[C@@H]2CCCN2C(=O)[C@@H]2CCCN2C1=O. The quantitative estimate of drug-likeness (QED) is 0.0932. The molecule has 0 unspecified atom stereocenters. The van der Waals surface area contributed by atoms with Crippen molar-refractivity contribution in [2.45, 2.75) is 165 Å². The Bertz CT molecular complexity index is 2890. The van der Waals surface area contributed by atoms with Crippen molar-refractivity contribution in [3.63, 3.8) is 0 Å². The van der Waals surface area contributed by atoms with E-state index in [1.807, 2.05) is 13.8 Å². The zero-order valence-electron chi connectivity index (χ0n) is 50.7. The zero-order chi connectivity index (χ0) is 65.2. The summed E-state index contributed by atoms with van der Waals surface area (Å²) < 4.78 is 0. The van der Waals surface area contributed by atoms with Gasteiger partial charge in [0.1, 0.15) is 78.0 Å². The molecular formula is C59H85N13O15S2. The van der Waals surface area contributed by atoms with Crippen LogP contribution in [0.1, 0.15) is 97.1 Å². The maximum atomic E-state index is 14.8. The largest absolute Gasteiger partial charge is 0.508 e. The number of hydrogen-bond acceptors (Lipinski definition) is 18. The Morgan fingerprint density at radius 2 is 0.966 bits per heavy atom. The molecule has 4 saturated heterocycles. The Kier molecular flexibility index (Phi) is 26.3. The van der Waals surface area contributed by atoms with Gasteiger partial charge in [-0.05, 0) is 98.6 Å². The minimum Gasteiger partial charge on any atom is -0.508 e. The number of carbonyl (C=O) groups excluding carboxylic acids is 11. The van der Waals surface area contributed by atoms with Crippen LogP contribution in [-0.2, 0) is 70.4 Å². The summed E-state index contributed by atoms with van der Waals surface area (Å²) in [5.41, 5.74) is 12.8. The molecule has 2 aromatic carbocycles. The van der Waals surface area contributed by atoms with Gasteiger partial charge < -0.3 is 84.0 Å². The highest BCUT2D eigenvalue weighted by atomic mass is 33.1. The van der Waals surface area contributed by atoms with Crippen molar-refractivity contribution < 1.29 is 72.9 Å². The molecule has 89 heavy (non-hydrogen) atoms. The number of carbonyl (C=O) groups is 12. The molecule has 4 heterocycles. The van der Waals surface area contributed by atoms with Crippen molar-refractivity contribution in [3.05, 3.63) is 59.7 Å². The number of carboxylic acids is 1. The van der Waals surface area contributed by atoms with Crippen molar-refractivity contribution in [1.82, 2.24) is 57.2 Å². The zero-order valence-corrected chi connectivity index (χ0v) is 52.3. The number of nitrogens with two attached hydrogens (primary N) is 2. The van der Waals surface area contributed by atoms with Crippen molar-refractivity contribution in [1.29, 1.82) is 0 Å². The summed E-state index contributed by atoms with van der Waals surface area (Å²) in [7, 11) is 1.99. The summed E-state index contributed by atoms with van der Waals surface area (Å²) in [5.74, 6) is -10.8. The fourth-order valence-electron chi connectivity index (χ4n) is 11.2. The third-order valence-electron chi connectivity index (χ3n) is 15.8. The number of phenols is 2. The van der Waals surface area contributed by atoms with Crippen molar-refractivity contribution >= 4 is 92.5 Å². The number of amides is 11. The molecule has 0 aliphatic carbocycles. The standard InChI is InChI=1S/C59H85N13O15S2/c1-31(2)23-38-49(76)69-44(53(80)68-43(28-61)59(86)87)29-88-89-30-45(62-33(5)73)57(84)72-22-8-11-48(72)58(85)71-21-7-10-47(71)54(81)65-40(26-35-14-18-37(75)19-15-35)51(78)66-41(24-32(3)4)56(83)70-20-6-9-46(70)55(82)67-42(27-60)52(79)64-39(50(77)63-38)25-34-12-16-36(74)17-13-34/h12-19,31-32,38-48,74-75H,6-11,20-30,60-61H2,1-5H3,(H,62,73)(H,63,77)(H,64,79)(H,65,81)(H,66,78)(H,67,82)(H,68,80)(H,69,76)(H,86,87)/t38-,39-,40-,41-,42-,43-,44-,45-,46-,47-,48-/m0/s1. The van der Waals surface area contributed by atoms with Crippen LogP contribution in [0.25, 0.3) is 0 Å². The molecule has 2 aromatic rings. The molecule has 0 spiro atoms. The van der Waals surface area contributed by atoms with E-state index in [0.29, 0.717) is 30.4 Å². The Morgan fingerprint density at radius 1 is 0.551 bits per heavy atom. The maximum Gasteiger partial charge on any atom is 0.327 e. The molecule has 28 nitrogen and oxygen atoms in total. The molecular weight excluding hydrogens is 1190 g/mol. The van der Waals surface area contributed by atoms with Gasteiger partial charge in [0.25, 0.3) is 0 Å². The number of carboxylic acid groups (broad SMARTS) is 1. The van der Waals surface area contributed by atoms with Crippen LogP contribution < -0.4 is 54.0 Å². The summed E-state index contributed by atoms with van der Waals surface area (Å²) in [6, 6.07) is -2.97. The molecule has 11 amide bonds. The Morgan fingerprint density at radius 3 is 1.45 bits per heavy atom. The molecule has 0 aromatic heterocycles. The second-order valence-electron chi connectivity index (χ2n) is 23.6. The van der Waals surface area contributed by atoms with Gasteiger partial charge in [-0.25, -0.2) is 4.79 Å². The van der Waals surface area contributed by atoms with Crippen molar-refractivity contribution in [3.8, 4) is 11.5 Å². The monoisotopic (exact) mass is 1280 g/mol. The smallest absolute Gasteiger partial charge is 0.327 e. The first kappa shape index (κ1) is 70.4. The van der Waals surface area contributed by atoms with E-state index in [1.165, 1.54) is 58.0 Å². The van der Waals surface area contributed by atoms with Crippen LogP contribution in [0.15, 0.2) is 48.5 Å². The first-order chi connectivity index (χ1) is 42.3. The van der Waals surface area contributed by atoms with Gasteiger partial charge in [-0.15, -0.1) is 0 Å². The maximum absolute atomic E-state index is 14.8. The molecule has 4 fully saturated rings. The molecule has 0 bridgehead atoms. The fraction of sp³-hybridized carbons (Fsp3) is 0.593. The van der Waals surface area contributed by atoms with Crippen molar-refractivity contribution in [2.75, 3.05) is 44.2 Å². The molecule has 4 aliphatic rings. The fourth-order valence-corrected chi connectivity index (χ4v) is 13.5. The topological polar surface area (TPSA) is 424 Å². The second-order valence-corrected chi connectivity index (χ2v) is 26.2. The van der Waals surface area contributed by atoms with Gasteiger partial charge in [0, 0.05) is 64.0 Å². The molecule has 0 saturated carbocycles. The van der Waals surface area contributed by atoms with Crippen LogP contribution in [0.3, 0.4) is 0 Å². The second kappa shape index (κ2) is 33.2. The van der Waals surface area contributed by atoms with Crippen molar-refractivity contribution in [2.24, 2.45) is 23.3 Å². The molecule has 6 rings (SSSR count). The third-order valence-corrected chi connectivity index (χ3v) is 18.2. The third kappa shape index (κ3) is 19.9. The summed E-state index contributed by atoms with van der Waals surface area (Å²) in [4.78, 5) is 174. The van der Waals surface area contributed by atoms with Crippen LogP contribution in [0.4, 0.5) is 0 Å². The number of aliphatic carboxylic acids is 1. The summed E-state index contributed by atoms with van der Waals surface area (Å²) >= 11 is 0. The first-order valence-corrected chi connectivity index (χ1v) is 32.5. The van der Waals surface area contributed by atoms with E-state index in [2.05, 4.69) is 42.5 Å². The number of rotatable bonds is 14. The van der Waals surface area contributed by atoms with Gasteiger partial charge in [-0.2, -0.15) is 0 Å². The number of benzene rings is 2. The van der Waals surface area contributed by atoms with E-state index < -0.39 is 150 Å². The number of fused-ring (bicyclic) bond motifs is 3. The van der Waals surface area contributed by atoms with Gasteiger partial charge >= 0.3 is 5.97 Å². The van der Waals surface area contributed by atoms with Crippen LogP contribution in [-0.4, -0.2) is 212 Å². The predicted octanol–water partition coefficient (Wildman–Crippen LogP) is -1.76. The molecule has 4 aliphatic heterocycles. The van der Waals surface area contributed by atoms with Gasteiger partial charge in [0.05, 0.1) is 0 Å². The van der Waals surface area contributed by atoms with E-state index in [4.69, 9.17) is 11.5 Å². The van der Waals surface area contributed by atoms with Gasteiger partial charge in [-0.3, -0.25) is 52.7 Å². The first-order valence-electron chi connectivity index (χ1n) is 30.0. The average molecular weight is 1280 g/mol. The minimum atomic E-state index is -1.58. The predicted molar refractivity (Wildman–Crippen MR) is 329 cm³/mol. The lowest BCUT2D eigenvalue weighted by Gasteiger charge is -2.33. The molecule has 488 valence electrons. The average Bonchev–Trinajstić information content (AvgIpc) is 2.22. The lowest BCUT2D eigenvalue weighted by atomic mass is 10.00. The number of phenolic OH excluding ortho intramolecular Hbond substituents is 2. The highest BCUT2D eigenvalue weighted by Gasteiger charge is 2.45. The lowest BCUT2D eigenvalue weighted by molar-refractivity contribution is -0.147. The van der Waals surface area contributed by atoms with Crippen LogP contribution >= 0.6 is 21.6 Å². The Labute approximate surface area is 524 Å². The van der Waals surface area contributed by atoms with Gasteiger partial charge in [0.2, 0.25) is 65.0 Å². The van der Waals surface area contributed by atoms with E-state index in [-0.39, 0.29) is 99.4 Å². The van der Waals surface area contributed by atoms with E-state index in [0.717, 1.165) is 21.6 Å². The molecule has 0 radical (unpaired) electrons. The summed E-state index contributed by atoms with van der Waals surface area (Å²) in [6.07, 6.45) is 1.42. The highest BCUT2D eigenvalue weighted by molar-refractivity contribution is 8.76. The normalized spacial score (nSPS) is 26.5. The Balaban J connectivity index is 1.38. The Hall–Kier alpha value is -7.70. The summed E-state index contributed by atoms with van der Waals surface area (Å²) in [6.45, 7) is 7.69.